The van der Waals surface area contributed by atoms with Crippen LogP contribution >= 0.6 is 7.82 Å². The van der Waals surface area contributed by atoms with Crippen molar-refractivity contribution in [2.45, 2.75) is 125 Å². The highest BCUT2D eigenvalue weighted by Crippen LogP contribution is 2.68. The normalized spacial score (nSPS) is 39.3. The van der Waals surface area contributed by atoms with E-state index < -0.39 is 7.82 Å². The Hall–Kier alpha value is -0.150. The van der Waals surface area contributed by atoms with E-state index in [1.54, 1.807) is 5.57 Å². The molecule has 3 saturated carbocycles. The summed E-state index contributed by atoms with van der Waals surface area (Å²) >= 11 is 0. The molecule has 0 bridgehead atoms. The van der Waals surface area contributed by atoms with Crippen LogP contribution in [0.2, 0.25) is 0 Å². The summed E-state index contributed by atoms with van der Waals surface area (Å²) in [5.41, 5.74) is 2.36. The molecule has 8 atom stereocenters. The molecule has 36 heavy (non-hydrogen) atoms. The molecule has 4 nitrogen and oxygen atoms in total. The van der Waals surface area contributed by atoms with E-state index >= 15 is 0 Å². The molecular formula is C31H55O4P. The first-order valence-electron chi connectivity index (χ1n) is 15.3. The van der Waals surface area contributed by atoms with E-state index in [2.05, 4.69) is 40.7 Å². The van der Waals surface area contributed by atoms with Gasteiger partial charge in [0, 0.05) is 0 Å². The topological polar surface area (TPSA) is 44.8 Å². The van der Waals surface area contributed by atoms with Crippen LogP contribution in [0.25, 0.3) is 0 Å². The maximum Gasteiger partial charge on any atom is 0.475 e. The molecule has 0 unspecified atom stereocenters. The average Bonchev–Trinajstić information content (AvgIpc) is 3.16. The summed E-state index contributed by atoms with van der Waals surface area (Å²) in [6, 6.07) is 0. The first kappa shape index (κ1) is 28.8. The zero-order valence-corrected chi connectivity index (χ0v) is 25.3. The molecule has 208 valence electrons. The Kier molecular flexibility index (Phi) is 9.24. The number of hydrogen-bond donors (Lipinski definition) is 0. The Morgan fingerprint density at radius 3 is 2.36 bits per heavy atom. The number of rotatable bonds is 11. The van der Waals surface area contributed by atoms with Crippen molar-refractivity contribution in [3.8, 4) is 0 Å². The van der Waals surface area contributed by atoms with Gasteiger partial charge in [0.05, 0.1) is 19.3 Å². The zero-order valence-electron chi connectivity index (χ0n) is 24.4. The van der Waals surface area contributed by atoms with Crippen LogP contribution in [0.1, 0.15) is 119 Å². The van der Waals surface area contributed by atoms with Crippen LogP contribution in [0, 0.1) is 46.3 Å². The van der Waals surface area contributed by atoms with Crippen molar-refractivity contribution in [3.63, 3.8) is 0 Å². The van der Waals surface area contributed by atoms with Crippen LogP contribution in [0.4, 0.5) is 0 Å². The van der Waals surface area contributed by atoms with Gasteiger partial charge in [0.25, 0.3) is 0 Å². The second-order valence-electron chi connectivity index (χ2n) is 13.5. The molecule has 3 fully saturated rings. The molecule has 0 N–H and O–H groups in total. The SMILES string of the molecule is CCOP(=O)(OCC)O[C@@H]1CC[C@]2(C)C(=CC[C@H]3[C@@H]4CC[C@@H]([C@H](C)CCCC(C)C)[C@@]4(C)CC[C@@H]32)C1. The monoisotopic (exact) mass is 522 g/mol. The van der Waals surface area contributed by atoms with Gasteiger partial charge in [-0.05, 0) is 112 Å². The summed E-state index contributed by atoms with van der Waals surface area (Å²) in [5.74, 6) is 5.10. The lowest BCUT2D eigenvalue weighted by molar-refractivity contribution is -0.0577. The van der Waals surface area contributed by atoms with Crippen molar-refractivity contribution in [1.29, 1.82) is 0 Å². The van der Waals surface area contributed by atoms with Gasteiger partial charge in [0.15, 0.2) is 0 Å². The lowest BCUT2D eigenvalue weighted by atomic mass is 9.47. The number of allylic oxidation sites excluding steroid dienone is 1. The van der Waals surface area contributed by atoms with Crippen LogP contribution in [0.15, 0.2) is 11.6 Å². The van der Waals surface area contributed by atoms with Gasteiger partial charge in [0.1, 0.15) is 0 Å². The Balaban J connectivity index is 1.44. The highest BCUT2D eigenvalue weighted by Gasteiger charge is 2.59. The van der Waals surface area contributed by atoms with Crippen LogP contribution in [0.3, 0.4) is 0 Å². The number of hydrogen-bond acceptors (Lipinski definition) is 4. The summed E-state index contributed by atoms with van der Waals surface area (Å²) in [4.78, 5) is 0. The predicted molar refractivity (Wildman–Crippen MR) is 149 cm³/mol. The van der Waals surface area contributed by atoms with E-state index in [0.29, 0.717) is 18.6 Å². The molecule has 0 heterocycles. The number of fused-ring (bicyclic) bond motifs is 5. The van der Waals surface area contributed by atoms with E-state index in [1.165, 1.54) is 51.4 Å². The van der Waals surface area contributed by atoms with Gasteiger partial charge in [-0.1, -0.05) is 65.5 Å². The summed E-state index contributed by atoms with van der Waals surface area (Å²) < 4.78 is 29.9. The molecule has 0 aromatic carbocycles. The fraction of sp³-hybridized carbons (Fsp3) is 0.935. The molecule has 0 aromatic heterocycles. The third kappa shape index (κ3) is 5.59. The molecule has 0 amide bonds. The quantitative estimate of drug-likeness (QED) is 0.200. The first-order valence-corrected chi connectivity index (χ1v) is 16.8. The molecule has 0 aliphatic heterocycles. The second-order valence-corrected chi connectivity index (χ2v) is 15.2. The Morgan fingerprint density at radius 1 is 0.972 bits per heavy atom. The van der Waals surface area contributed by atoms with Crippen LogP contribution < -0.4 is 0 Å². The molecule has 4 aliphatic rings. The van der Waals surface area contributed by atoms with Gasteiger partial charge in [-0.15, -0.1) is 0 Å². The maximum absolute atomic E-state index is 13.0. The van der Waals surface area contributed by atoms with E-state index in [9.17, 15) is 4.57 Å². The van der Waals surface area contributed by atoms with Crippen molar-refractivity contribution in [2.75, 3.05) is 13.2 Å². The van der Waals surface area contributed by atoms with Crippen LogP contribution in [-0.4, -0.2) is 19.3 Å². The minimum absolute atomic E-state index is 0.0683. The fourth-order valence-electron chi connectivity index (χ4n) is 9.34. The van der Waals surface area contributed by atoms with Crippen molar-refractivity contribution in [2.24, 2.45) is 46.3 Å². The molecule has 4 rings (SSSR count). The minimum atomic E-state index is -3.47. The van der Waals surface area contributed by atoms with Gasteiger partial charge >= 0.3 is 7.82 Å². The molecule has 4 aliphatic carbocycles. The molecule has 5 heteroatoms. The van der Waals surface area contributed by atoms with Crippen molar-refractivity contribution < 1.29 is 18.1 Å². The minimum Gasteiger partial charge on any atom is -0.287 e. The third-order valence-electron chi connectivity index (χ3n) is 11.1. The van der Waals surface area contributed by atoms with E-state index in [4.69, 9.17) is 13.6 Å². The lowest BCUT2D eigenvalue weighted by Crippen LogP contribution is -2.51. The molecule has 0 saturated heterocycles. The van der Waals surface area contributed by atoms with Gasteiger partial charge in [-0.2, -0.15) is 0 Å². The second kappa shape index (κ2) is 11.5. The van der Waals surface area contributed by atoms with E-state index in [1.807, 2.05) is 13.8 Å². The highest BCUT2D eigenvalue weighted by atomic mass is 31.2. The van der Waals surface area contributed by atoms with Crippen LogP contribution in [-0.2, 0) is 18.1 Å². The fourth-order valence-corrected chi connectivity index (χ4v) is 10.7. The molecular weight excluding hydrogens is 467 g/mol. The van der Waals surface area contributed by atoms with Gasteiger partial charge in [-0.25, -0.2) is 4.57 Å². The van der Waals surface area contributed by atoms with E-state index in [-0.39, 0.29) is 11.5 Å². The highest BCUT2D eigenvalue weighted by molar-refractivity contribution is 7.48. The largest absolute Gasteiger partial charge is 0.475 e. The van der Waals surface area contributed by atoms with Crippen molar-refractivity contribution in [3.05, 3.63) is 11.6 Å². The Morgan fingerprint density at radius 2 is 1.69 bits per heavy atom. The Labute approximate surface area is 222 Å². The number of phosphoric ester groups is 1. The molecule has 0 aromatic rings. The number of phosphoric acid groups is 1. The summed E-state index contributed by atoms with van der Waals surface area (Å²) in [7, 11) is -3.47. The average molecular weight is 523 g/mol. The summed E-state index contributed by atoms with van der Waals surface area (Å²) in [5, 5.41) is 0. The molecule has 0 radical (unpaired) electrons. The Bertz CT molecular complexity index is 813. The summed E-state index contributed by atoms with van der Waals surface area (Å²) in [6.45, 7) is 16.9. The third-order valence-corrected chi connectivity index (χ3v) is 12.8. The predicted octanol–water partition coefficient (Wildman–Crippen LogP) is 9.59. The zero-order chi connectivity index (χ0) is 26.1. The standard InChI is InChI=1S/C31H55O4P/c1-8-33-36(32,34-9-2)35-25-17-19-30(6)24(21-25)13-14-26-28-16-15-27(23(5)12-10-11-22(3)4)31(28,7)20-18-29(26)30/h13,22-23,25-29H,8-12,14-21H2,1-7H3/t23-,25-,26+,27+,28+,29+,30-,31-/m1/s1. The van der Waals surface area contributed by atoms with Gasteiger partial charge in [-0.3, -0.25) is 13.6 Å². The lowest BCUT2D eigenvalue weighted by Gasteiger charge is -2.58. The van der Waals surface area contributed by atoms with Gasteiger partial charge in [0.2, 0.25) is 0 Å². The smallest absolute Gasteiger partial charge is 0.287 e. The maximum atomic E-state index is 13.0. The first-order chi connectivity index (χ1) is 17.1. The summed E-state index contributed by atoms with van der Waals surface area (Å²) in [6.07, 6.45) is 16.5. The van der Waals surface area contributed by atoms with Crippen LogP contribution in [0.5, 0.6) is 0 Å². The molecule has 0 spiro atoms. The van der Waals surface area contributed by atoms with Crippen molar-refractivity contribution >= 4 is 7.82 Å². The van der Waals surface area contributed by atoms with E-state index in [0.717, 1.165) is 54.8 Å². The van der Waals surface area contributed by atoms with Gasteiger partial charge < -0.3 is 0 Å². The van der Waals surface area contributed by atoms with Crippen molar-refractivity contribution in [1.82, 2.24) is 0 Å².